The van der Waals surface area contributed by atoms with Gasteiger partial charge < -0.3 is 4.90 Å². The molecule has 0 amide bonds. The summed E-state index contributed by atoms with van der Waals surface area (Å²) in [5.41, 5.74) is 7.06. The predicted octanol–water partition coefficient (Wildman–Crippen LogP) is 3.11. The molecule has 120 valence electrons. The fraction of sp³-hybridized carbons (Fsp3) is 0.263. The highest BCUT2D eigenvalue weighted by molar-refractivity contribution is 5.66. The number of nitrogens with zero attached hydrogens (tertiary/aromatic N) is 5. The molecule has 0 radical (unpaired) electrons. The molecule has 0 aliphatic carbocycles. The zero-order valence-corrected chi connectivity index (χ0v) is 13.9. The SMILES string of the molecule is Cc1ccncc1-c1cnc2c(c1)CN(c1nnccc1C)CC2. The third-order valence-corrected chi connectivity index (χ3v) is 4.59. The van der Waals surface area contributed by atoms with Crippen LogP contribution >= 0.6 is 0 Å². The zero-order chi connectivity index (χ0) is 16.5. The molecule has 0 saturated heterocycles. The minimum atomic E-state index is 0.815. The molecule has 0 aromatic carbocycles. The number of aromatic nitrogens is 4. The summed E-state index contributed by atoms with van der Waals surface area (Å²) < 4.78 is 0. The Morgan fingerprint density at radius 2 is 1.92 bits per heavy atom. The molecule has 0 spiro atoms. The minimum Gasteiger partial charge on any atom is -0.350 e. The van der Waals surface area contributed by atoms with Crippen molar-refractivity contribution < 1.29 is 0 Å². The average molecular weight is 317 g/mol. The van der Waals surface area contributed by atoms with E-state index >= 15 is 0 Å². The molecule has 0 bridgehead atoms. The predicted molar refractivity (Wildman–Crippen MR) is 93.7 cm³/mol. The Hall–Kier alpha value is -2.82. The van der Waals surface area contributed by atoms with Gasteiger partial charge in [0.15, 0.2) is 5.82 Å². The van der Waals surface area contributed by atoms with E-state index in [4.69, 9.17) is 4.98 Å². The summed E-state index contributed by atoms with van der Waals surface area (Å²) in [5.74, 6) is 0.964. The second-order valence-electron chi connectivity index (χ2n) is 6.23. The summed E-state index contributed by atoms with van der Waals surface area (Å²) in [6.07, 6.45) is 8.36. The largest absolute Gasteiger partial charge is 0.350 e. The first-order chi connectivity index (χ1) is 11.7. The van der Waals surface area contributed by atoms with Gasteiger partial charge in [-0.15, -0.1) is 5.10 Å². The van der Waals surface area contributed by atoms with E-state index in [1.807, 2.05) is 30.7 Å². The Kier molecular flexibility index (Phi) is 3.69. The number of rotatable bonds is 2. The third-order valence-electron chi connectivity index (χ3n) is 4.59. The van der Waals surface area contributed by atoms with Gasteiger partial charge in [-0.3, -0.25) is 9.97 Å². The Bertz CT molecular complexity index is 890. The molecule has 0 N–H and O–H groups in total. The Labute approximate surface area is 141 Å². The van der Waals surface area contributed by atoms with Crippen molar-refractivity contribution in [2.45, 2.75) is 26.8 Å². The van der Waals surface area contributed by atoms with Crippen molar-refractivity contribution in [3.05, 3.63) is 65.4 Å². The molecule has 3 aromatic rings. The maximum absolute atomic E-state index is 4.70. The summed E-state index contributed by atoms with van der Waals surface area (Å²) in [6.45, 7) is 5.92. The van der Waals surface area contributed by atoms with Crippen molar-refractivity contribution in [1.29, 1.82) is 0 Å². The van der Waals surface area contributed by atoms with Crippen LogP contribution in [0, 0.1) is 13.8 Å². The van der Waals surface area contributed by atoms with Gasteiger partial charge in [-0.2, -0.15) is 5.10 Å². The molecule has 5 nitrogen and oxygen atoms in total. The van der Waals surface area contributed by atoms with Crippen LogP contribution in [0.15, 0.2) is 43.0 Å². The first-order valence-corrected chi connectivity index (χ1v) is 8.14. The molecule has 4 heterocycles. The van der Waals surface area contributed by atoms with E-state index in [2.05, 4.69) is 40.0 Å². The maximum Gasteiger partial charge on any atom is 0.154 e. The average Bonchev–Trinajstić information content (AvgIpc) is 2.62. The van der Waals surface area contributed by atoms with Crippen LogP contribution in [0.3, 0.4) is 0 Å². The van der Waals surface area contributed by atoms with Crippen LogP contribution in [0.5, 0.6) is 0 Å². The van der Waals surface area contributed by atoms with E-state index in [0.29, 0.717) is 0 Å². The number of aryl methyl sites for hydroxylation is 2. The fourth-order valence-corrected chi connectivity index (χ4v) is 3.22. The normalized spacial score (nSPS) is 13.7. The molecule has 1 aliphatic heterocycles. The summed E-state index contributed by atoms with van der Waals surface area (Å²) >= 11 is 0. The number of anilines is 1. The van der Waals surface area contributed by atoms with Gasteiger partial charge in [-0.25, -0.2) is 0 Å². The standard InChI is InChI=1S/C19H19N5/c1-13-3-6-20-11-17(13)15-9-16-12-24(8-5-18(16)21-10-15)19-14(2)4-7-22-23-19/h3-4,6-7,9-11H,5,8,12H2,1-2H3. The molecule has 1 aliphatic rings. The molecule has 5 heteroatoms. The lowest BCUT2D eigenvalue weighted by atomic mass is 9.99. The highest BCUT2D eigenvalue weighted by Crippen LogP contribution is 2.28. The Balaban J connectivity index is 1.69. The number of pyridine rings is 2. The van der Waals surface area contributed by atoms with Crippen molar-refractivity contribution in [3.63, 3.8) is 0 Å². The van der Waals surface area contributed by atoms with Crippen LogP contribution in [-0.4, -0.2) is 26.7 Å². The van der Waals surface area contributed by atoms with Crippen molar-refractivity contribution >= 4 is 5.82 Å². The smallest absolute Gasteiger partial charge is 0.154 e. The third kappa shape index (κ3) is 2.62. The second kappa shape index (κ2) is 6.00. The lowest BCUT2D eigenvalue weighted by Crippen LogP contribution is -2.32. The first kappa shape index (κ1) is 14.8. The van der Waals surface area contributed by atoms with E-state index in [9.17, 15) is 0 Å². The van der Waals surface area contributed by atoms with Gasteiger partial charge in [0.25, 0.3) is 0 Å². The van der Waals surface area contributed by atoms with E-state index in [1.165, 1.54) is 16.8 Å². The van der Waals surface area contributed by atoms with E-state index < -0.39 is 0 Å². The molecule has 0 atom stereocenters. The van der Waals surface area contributed by atoms with Crippen LogP contribution < -0.4 is 4.90 Å². The summed E-state index contributed by atoms with van der Waals surface area (Å²) in [4.78, 5) is 11.2. The van der Waals surface area contributed by atoms with Crippen LogP contribution in [-0.2, 0) is 13.0 Å². The fourth-order valence-electron chi connectivity index (χ4n) is 3.22. The summed E-state index contributed by atoms with van der Waals surface area (Å²) in [7, 11) is 0. The number of hydrogen-bond acceptors (Lipinski definition) is 5. The molecule has 0 saturated carbocycles. The molecule has 4 rings (SSSR count). The number of hydrogen-bond donors (Lipinski definition) is 0. The van der Waals surface area contributed by atoms with Crippen LogP contribution in [0.2, 0.25) is 0 Å². The van der Waals surface area contributed by atoms with E-state index in [1.54, 1.807) is 6.20 Å². The lowest BCUT2D eigenvalue weighted by Gasteiger charge is -2.30. The monoisotopic (exact) mass is 317 g/mol. The molecular formula is C19H19N5. The van der Waals surface area contributed by atoms with Gasteiger partial charge in [0.05, 0.1) is 6.20 Å². The van der Waals surface area contributed by atoms with E-state index in [0.717, 1.165) is 42.0 Å². The Morgan fingerprint density at radius 1 is 1.04 bits per heavy atom. The quantitative estimate of drug-likeness (QED) is 0.727. The van der Waals surface area contributed by atoms with Gasteiger partial charge in [-0.1, -0.05) is 0 Å². The lowest BCUT2D eigenvalue weighted by molar-refractivity contribution is 0.693. The van der Waals surface area contributed by atoms with Crippen molar-refractivity contribution in [2.24, 2.45) is 0 Å². The van der Waals surface area contributed by atoms with Crippen LogP contribution in [0.4, 0.5) is 5.82 Å². The van der Waals surface area contributed by atoms with Gasteiger partial charge in [0, 0.05) is 54.9 Å². The molecule has 3 aromatic heterocycles. The van der Waals surface area contributed by atoms with Crippen molar-refractivity contribution in [2.75, 3.05) is 11.4 Å². The zero-order valence-electron chi connectivity index (χ0n) is 13.9. The van der Waals surface area contributed by atoms with Crippen LogP contribution in [0.25, 0.3) is 11.1 Å². The minimum absolute atomic E-state index is 0.815. The highest BCUT2D eigenvalue weighted by Gasteiger charge is 2.20. The van der Waals surface area contributed by atoms with Crippen LogP contribution in [0.1, 0.15) is 22.4 Å². The second-order valence-corrected chi connectivity index (χ2v) is 6.23. The molecule has 24 heavy (non-hydrogen) atoms. The highest BCUT2D eigenvalue weighted by atomic mass is 15.3. The summed E-state index contributed by atoms with van der Waals surface area (Å²) in [5, 5.41) is 8.35. The van der Waals surface area contributed by atoms with Gasteiger partial charge >= 0.3 is 0 Å². The topological polar surface area (TPSA) is 54.8 Å². The molecule has 0 unspecified atom stereocenters. The van der Waals surface area contributed by atoms with Gasteiger partial charge in [-0.05, 0) is 48.7 Å². The molecule has 0 fully saturated rings. The maximum atomic E-state index is 4.70. The summed E-state index contributed by atoms with van der Waals surface area (Å²) in [6, 6.07) is 6.28. The first-order valence-electron chi connectivity index (χ1n) is 8.14. The van der Waals surface area contributed by atoms with Gasteiger partial charge in [0.2, 0.25) is 0 Å². The van der Waals surface area contributed by atoms with E-state index in [-0.39, 0.29) is 0 Å². The van der Waals surface area contributed by atoms with Crippen molar-refractivity contribution in [3.8, 4) is 11.1 Å². The number of fused-ring (bicyclic) bond motifs is 1. The molecular weight excluding hydrogens is 298 g/mol. The van der Waals surface area contributed by atoms with Crippen molar-refractivity contribution in [1.82, 2.24) is 20.2 Å². The van der Waals surface area contributed by atoms with Gasteiger partial charge in [0.1, 0.15) is 0 Å². The Morgan fingerprint density at radius 3 is 2.75 bits per heavy atom.